The lowest BCUT2D eigenvalue weighted by Crippen LogP contribution is -2.45. The van der Waals surface area contributed by atoms with Crippen LogP contribution in [-0.4, -0.2) is 54.8 Å². The van der Waals surface area contributed by atoms with E-state index >= 15 is 0 Å². The quantitative estimate of drug-likeness (QED) is 0.820. The van der Waals surface area contributed by atoms with Crippen molar-refractivity contribution in [1.29, 1.82) is 0 Å². The maximum atomic E-state index is 13.8. The summed E-state index contributed by atoms with van der Waals surface area (Å²) in [5.41, 5.74) is -1.49. The van der Waals surface area contributed by atoms with Crippen LogP contribution >= 0.6 is 0 Å². The molecule has 1 saturated heterocycles. The van der Waals surface area contributed by atoms with Gasteiger partial charge in [0.05, 0.1) is 13.2 Å². The van der Waals surface area contributed by atoms with Crippen LogP contribution in [0.1, 0.15) is 25.8 Å². The third kappa shape index (κ3) is 4.96. The van der Waals surface area contributed by atoms with Crippen molar-refractivity contribution < 1.29 is 23.4 Å². The Kier molecular flexibility index (Phi) is 6.26. The van der Waals surface area contributed by atoms with Crippen LogP contribution < -0.4 is 5.32 Å². The fourth-order valence-corrected chi connectivity index (χ4v) is 2.67. The van der Waals surface area contributed by atoms with E-state index < -0.39 is 17.2 Å². The Labute approximate surface area is 140 Å². The second kappa shape index (κ2) is 8.00. The summed E-state index contributed by atoms with van der Waals surface area (Å²) >= 11 is 0. The van der Waals surface area contributed by atoms with Crippen molar-refractivity contribution in [2.75, 3.05) is 32.8 Å². The maximum absolute atomic E-state index is 13.8. The van der Waals surface area contributed by atoms with E-state index in [1.165, 1.54) is 13.0 Å². The van der Waals surface area contributed by atoms with Gasteiger partial charge in [0.15, 0.2) is 0 Å². The predicted molar refractivity (Wildman–Crippen MR) is 85.4 cm³/mol. The number of halogens is 2. The van der Waals surface area contributed by atoms with E-state index in [0.717, 1.165) is 12.1 Å². The predicted octanol–water partition coefficient (Wildman–Crippen LogP) is 1.40. The largest absolute Gasteiger partial charge is 0.384 e. The number of carbonyl (C=O) groups excluding carboxylic acids is 1. The topological polar surface area (TPSA) is 61.8 Å². The molecule has 1 aliphatic heterocycles. The summed E-state index contributed by atoms with van der Waals surface area (Å²) < 4.78 is 32.0. The monoisotopic (exact) mass is 342 g/mol. The van der Waals surface area contributed by atoms with Gasteiger partial charge in [-0.1, -0.05) is 6.07 Å². The standard InChI is InChI=1S/C17H24F2N2O3/c1-12(9-16(22)21-5-7-24-8-6-21)20-11-17(2,23)14-4-3-13(18)10-15(14)19/h3-4,10,12,20,23H,5-9,11H2,1-2H3. The van der Waals surface area contributed by atoms with Crippen molar-refractivity contribution >= 4 is 5.91 Å². The third-order valence-corrected chi connectivity index (χ3v) is 4.15. The summed E-state index contributed by atoms with van der Waals surface area (Å²) in [6.45, 7) is 5.60. The fraction of sp³-hybridized carbons (Fsp3) is 0.588. The molecule has 2 unspecified atom stereocenters. The highest BCUT2D eigenvalue weighted by Crippen LogP contribution is 2.23. The zero-order chi connectivity index (χ0) is 17.7. The van der Waals surface area contributed by atoms with E-state index in [1.807, 2.05) is 6.92 Å². The second-order valence-corrected chi connectivity index (χ2v) is 6.38. The molecule has 1 amide bonds. The number of ether oxygens (including phenoxy) is 1. The van der Waals surface area contributed by atoms with Crippen LogP contribution in [0.15, 0.2) is 18.2 Å². The van der Waals surface area contributed by atoms with Gasteiger partial charge in [-0.25, -0.2) is 8.78 Å². The minimum Gasteiger partial charge on any atom is -0.384 e. The summed E-state index contributed by atoms with van der Waals surface area (Å²) in [7, 11) is 0. The Bertz CT molecular complexity index is 575. The average Bonchev–Trinajstić information content (AvgIpc) is 2.53. The number of carbonyl (C=O) groups is 1. The molecule has 134 valence electrons. The fourth-order valence-electron chi connectivity index (χ4n) is 2.67. The minimum absolute atomic E-state index is 0.0168. The van der Waals surface area contributed by atoms with E-state index in [2.05, 4.69) is 5.32 Å². The van der Waals surface area contributed by atoms with Gasteiger partial charge >= 0.3 is 0 Å². The molecule has 0 bridgehead atoms. The van der Waals surface area contributed by atoms with E-state index in [1.54, 1.807) is 4.90 Å². The molecule has 1 aromatic rings. The van der Waals surface area contributed by atoms with Gasteiger partial charge in [-0.3, -0.25) is 4.79 Å². The molecule has 5 nitrogen and oxygen atoms in total. The molecular formula is C17H24F2N2O3. The first kappa shape index (κ1) is 18.8. The van der Waals surface area contributed by atoms with E-state index in [4.69, 9.17) is 4.74 Å². The van der Waals surface area contributed by atoms with E-state index in [-0.39, 0.29) is 30.5 Å². The summed E-state index contributed by atoms with van der Waals surface area (Å²) in [5, 5.41) is 13.5. The number of amides is 1. The molecule has 24 heavy (non-hydrogen) atoms. The Morgan fingerprint density at radius 3 is 2.71 bits per heavy atom. The molecule has 1 fully saturated rings. The first-order valence-electron chi connectivity index (χ1n) is 8.06. The highest BCUT2D eigenvalue weighted by molar-refractivity contribution is 5.76. The summed E-state index contributed by atoms with van der Waals surface area (Å²) in [6, 6.07) is 2.90. The number of hydrogen-bond acceptors (Lipinski definition) is 4. The molecule has 7 heteroatoms. The number of morpholine rings is 1. The van der Waals surface area contributed by atoms with Gasteiger partial charge in [-0.15, -0.1) is 0 Å². The van der Waals surface area contributed by atoms with Crippen molar-refractivity contribution in [2.24, 2.45) is 0 Å². The third-order valence-electron chi connectivity index (χ3n) is 4.15. The summed E-state index contributed by atoms with van der Waals surface area (Å²) in [5.74, 6) is -1.46. The van der Waals surface area contributed by atoms with Crippen molar-refractivity contribution in [3.8, 4) is 0 Å². The zero-order valence-electron chi connectivity index (χ0n) is 14.0. The first-order valence-corrected chi connectivity index (χ1v) is 8.06. The van der Waals surface area contributed by atoms with Crippen molar-refractivity contribution in [1.82, 2.24) is 10.2 Å². The van der Waals surface area contributed by atoms with Crippen LogP contribution in [0.2, 0.25) is 0 Å². The molecule has 2 rings (SSSR count). The molecule has 0 radical (unpaired) electrons. The van der Waals surface area contributed by atoms with Crippen LogP contribution in [0, 0.1) is 11.6 Å². The summed E-state index contributed by atoms with van der Waals surface area (Å²) in [4.78, 5) is 13.9. The highest BCUT2D eigenvalue weighted by atomic mass is 19.1. The molecule has 0 aliphatic carbocycles. The SMILES string of the molecule is CC(CC(=O)N1CCOCC1)NCC(C)(O)c1ccc(F)cc1F. The number of benzene rings is 1. The van der Waals surface area contributed by atoms with E-state index in [0.29, 0.717) is 26.3 Å². The molecule has 1 aliphatic rings. The van der Waals surface area contributed by atoms with Gasteiger partial charge in [0, 0.05) is 43.7 Å². The number of hydrogen-bond donors (Lipinski definition) is 2. The van der Waals surface area contributed by atoms with Gasteiger partial charge in [-0.05, 0) is 19.9 Å². The zero-order valence-corrected chi connectivity index (χ0v) is 14.0. The Hall–Kier alpha value is -1.57. The van der Waals surface area contributed by atoms with E-state index in [9.17, 15) is 18.7 Å². The highest BCUT2D eigenvalue weighted by Gasteiger charge is 2.28. The Balaban J connectivity index is 1.87. The van der Waals surface area contributed by atoms with Crippen molar-refractivity contribution in [3.05, 3.63) is 35.4 Å². The molecule has 0 aromatic heterocycles. The maximum Gasteiger partial charge on any atom is 0.224 e. The van der Waals surface area contributed by atoms with Crippen molar-refractivity contribution in [3.63, 3.8) is 0 Å². The smallest absolute Gasteiger partial charge is 0.224 e. The van der Waals surface area contributed by atoms with Gasteiger partial charge in [0.1, 0.15) is 17.2 Å². The molecule has 2 atom stereocenters. The van der Waals surface area contributed by atoms with Gasteiger partial charge in [0.2, 0.25) is 5.91 Å². The number of nitrogens with zero attached hydrogens (tertiary/aromatic N) is 1. The van der Waals surface area contributed by atoms with Crippen molar-refractivity contribution in [2.45, 2.75) is 31.9 Å². The van der Waals surface area contributed by atoms with Crippen LogP contribution in [0.3, 0.4) is 0 Å². The molecule has 0 spiro atoms. The number of rotatable bonds is 6. The number of nitrogens with one attached hydrogen (secondary N) is 1. The second-order valence-electron chi connectivity index (χ2n) is 6.38. The molecule has 2 N–H and O–H groups in total. The normalized spacial score (nSPS) is 19.0. The molecule has 1 heterocycles. The molecule has 1 aromatic carbocycles. The van der Waals surface area contributed by atoms with Crippen LogP contribution in [0.4, 0.5) is 8.78 Å². The Morgan fingerprint density at radius 1 is 1.42 bits per heavy atom. The first-order chi connectivity index (χ1) is 11.3. The van der Waals surface area contributed by atoms with Crippen LogP contribution in [-0.2, 0) is 15.1 Å². The number of aliphatic hydroxyl groups is 1. The lowest BCUT2D eigenvalue weighted by Gasteiger charge is -2.29. The molecular weight excluding hydrogens is 318 g/mol. The van der Waals surface area contributed by atoms with Gasteiger partial charge in [0.25, 0.3) is 0 Å². The Morgan fingerprint density at radius 2 is 2.08 bits per heavy atom. The molecule has 0 saturated carbocycles. The summed E-state index contributed by atoms with van der Waals surface area (Å²) in [6.07, 6.45) is 0.280. The minimum atomic E-state index is -1.51. The van der Waals surface area contributed by atoms with Crippen LogP contribution in [0.25, 0.3) is 0 Å². The lowest BCUT2D eigenvalue weighted by molar-refractivity contribution is -0.135. The van der Waals surface area contributed by atoms with Gasteiger partial charge in [-0.2, -0.15) is 0 Å². The van der Waals surface area contributed by atoms with Crippen LogP contribution in [0.5, 0.6) is 0 Å². The average molecular weight is 342 g/mol. The van der Waals surface area contributed by atoms with Gasteiger partial charge < -0.3 is 20.1 Å². The lowest BCUT2D eigenvalue weighted by atomic mass is 9.95.